The molecule has 3 aromatic carbocycles. The molecule has 3 rings (SSSR count). The van der Waals surface area contributed by atoms with Crippen LogP contribution in [0.2, 0.25) is 10.0 Å². The van der Waals surface area contributed by atoms with Gasteiger partial charge in [0.05, 0.1) is 22.6 Å². The van der Waals surface area contributed by atoms with Crippen molar-refractivity contribution in [1.82, 2.24) is 0 Å². The molecular weight excluding hydrogens is 417 g/mol. The Morgan fingerprint density at radius 1 is 0.897 bits per heavy atom. The molecule has 0 amide bonds. The third-order valence-corrected chi connectivity index (χ3v) is 4.74. The summed E-state index contributed by atoms with van der Waals surface area (Å²) in [6.45, 7) is 0.129. The molecule has 29 heavy (non-hydrogen) atoms. The van der Waals surface area contributed by atoms with Crippen molar-refractivity contribution < 1.29 is 24.5 Å². The third-order valence-electron chi connectivity index (χ3n) is 4.05. The van der Waals surface area contributed by atoms with Gasteiger partial charge in [0, 0.05) is 11.3 Å². The second-order valence-corrected chi connectivity index (χ2v) is 6.75. The zero-order valence-electron chi connectivity index (χ0n) is 14.8. The van der Waals surface area contributed by atoms with Crippen LogP contribution in [0.25, 0.3) is 0 Å². The van der Waals surface area contributed by atoms with Crippen LogP contribution in [0.15, 0.2) is 60.7 Å². The first-order valence-electron chi connectivity index (χ1n) is 8.35. The molecule has 0 atom stereocenters. The lowest BCUT2D eigenvalue weighted by molar-refractivity contribution is -0.256. The van der Waals surface area contributed by atoms with Crippen molar-refractivity contribution in [3.05, 3.63) is 87.4 Å². The SMILES string of the molecule is O=C([O-])c1ccc(COc2ccc(Cl)c(Nc3ccccc3C(=O)[O-])c2Cl)cc1. The number of ether oxygens (including phenoxy) is 1. The minimum absolute atomic E-state index is 0.0426. The second-order valence-electron chi connectivity index (χ2n) is 5.97. The molecule has 1 N–H and O–H groups in total. The molecule has 0 unspecified atom stereocenters. The summed E-state index contributed by atoms with van der Waals surface area (Å²) in [6, 6.07) is 15.4. The third kappa shape index (κ3) is 4.80. The van der Waals surface area contributed by atoms with E-state index in [2.05, 4.69) is 5.32 Å². The van der Waals surface area contributed by atoms with Crippen LogP contribution in [-0.2, 0) is 6.61 Å². The van der Waals surface area contributed by atoms with E-state index in [9.17, 15) is 19.8 Å². The highest BCUT2D eigenvalue weighted by molar-refractivity contribution is 6.40. The number of para-hydroxylation sites is 1. The first kappa shape index (κ1) is 20.5. The molecule has 6 nitrogen and oxygen atoms in total. The highest BCUT2D eigenvalue weighted by Crippen LogP contribution is 2.40. The molecule has 0 aliphatic rings. The van der Waals surface area contributed by atoms with E-state index in [1.165, 1.54) is 18.2 Å². The molecule has 0 bridgehead atoms. The van der Waals surface area contributed by atoms with E-state index in [4.69, 9.17) is 27.9 Å². The Hall–Kier alpha value is -3.22. The quantitative estimate of drug-likeness (QED) is 0.619. The molecule has 0 saturated heterocycles. The molecule has 0 aliphatic heterocycles. The van der Waals surface area contributed by atoms with Gasteiger partial charge in [0.25, 0.3) is 0 Å². The number of carboxylic acids is 2. The Labute approximate surface area is 176 Å². The van der Waals surface area contributed by atoms with Gasteiger partial charge < -0.3 is 29.9 Å². The van der Waals surface area contributed by atoms with Gasteiger partial charge in [0.2, 0.25) is 0 Å². The van der Waals surface area contributed by atoms with Crippen LogP contribution >= 0.6 is 23.2 Å². The molecule has 8 heteroatoms. The van der Waals surface area contributed by atoms with Crippen LogP contribution in [0.5, 0.6) is 5.75 Å². The smallest absolute Gasteiger partial charge is 0.140 e. The Kier molecular flexibility index (Phi) is 6.26. The van der Waals surface area contributed by atoms with E-state index in [0.717, 1.165) is 5.56 Å². The molecule has 0 radical (unpaired) electrons. The number of hydrogen-bond donors (Lipinski definition) is 1. The lowest BCUT2D eigenvalue weighted by Gasteiger charge is -2.17. The molecule has 0 heterocycles. The highest BCUT2D eigenvalue weighted by atomic mass is 35.5. The summed E-state index contributed by atoms with van der Waals surface area (Å²) in [5.74, 6) is -2.29. The van der Waals surface area contributed by atoms with Crippen LogP contribution in [-0.4, -0.2) is 11.9 Å². The second kappa shape index (κ2) is 8.86. The van der Waals surface area contributed by atoms with Crippen molar-refractivity contribution >= 4 is 46.5 Å². The van der Waals surface area contributed by atoms with Gasteiger partial charge in [0.15, 0.2) is 0 Å². The molecule has 0 saturated carbocycles. The van der Waals surface area contributed by atoms with Gasteiger partial charge in [-0.3, -0.25) is 0 Å². The Bertz CT molecular complexity index is 1070. The van der Waals surface area contributed by atoms with E-state index in [1.807, 2.05) is 0 Å². The van der Waals surface area contributed by atoms with Gasteiger partial charge in [-0.2, -0.15) is 0 Å². The number of halogens is 2. The average molecular weight is 430 g/mol. The lowest BCUT2D eigenvalue weighted by Crippen LogP contribution is -2.23. The molecule has 0 spiro atoms. The maximum absolute atomic E-state index is 11.3. The largest absolute Gasteiger partial charge is 0.545 e. The standard InChI is InChI=1S/C21H15Cl2NO5/c22-15-9-10-17(29-11-12-5-7-13(8-6-12)20(25)26)18(23)19(15)24-16-4-2-1-3-14(16)21(27)28/h1-10,24H,11H2,(H,25,26)(H,27,28)/p-2. The minimum atomic E-state index is -1.34. The van der Waals surface area contributed by atoms with Crippen LogP contribution in [0.4, 0.5) is 11.4 Å². The number of hydrogen-bond acceptors (Lipinski definition) is 6. The first-order chi connectivity index (χ1) is 13.9. The zero-order chi connectivity index (χ0) is 21.0. The van der Waals surface area contributed by atoms with E-state index in [-0.39, 0.29) is 39.2 Å². The summed E-state index contributed by atoms with van der Waals surface area (Å²) in [7, 11) is 0. The number of benzene rings is 3. The molecule has 0 fully saturated rings. The number of rotatable bonds is 7. The summed E-state index contributed by atoms with van der Waals surface area (Å²) >= 11 is 12.6. The van der Waals surface area contributed by atoms with Gasteiger partial charge in [-0.05, 0) is 29.3 Å². The van der Waals surface area contributed by atoms with Crippen molar-refractivity contribution in [1.29, 1.82) is 0 Å². The van der Waals surface area contributed by atoms with E-state index < -0.39 is 11.9 Å². The Morgan fingerprint density at radius 2 is 1.59 bits per heavy atom. The average Bonchev–Trinajstić information content (AvgIpc) is 2.71. The zero-order valence-corrected chi connectivity index (χ0v) is 16.3. The molecule has 0 aliphatic carbocycles. The van der Waals surface area contributed by atoms with Crippen molar-refractivity contribution in [3.63, 3.8) is 0 Å². The van der Waals surface area contributed by atoms with Gasteiger partial charge in [-0.1, -0.05) is 65.7 Å². The molecule has 0 aromatic heterocycles. The van der Waals surface area contributed by atoms with Crippen molar-refractivity contribution in [3.8, 4) is 5.75 Å². The van der Waals surface area contributed by atoms with Crippen molar-refractivity contribution in [2.75, 3.05) is 5.32 Å². The van der Waals surface area contributed by atoms with Gasteiger partial charge >= 0.3 is 0 Å². The number of carbonyl (C=O) groups is 2. The van der Waals surface area contributed by atoms with Crippen LogP contribution in [0, 0.1) is 0 Å². The predicted molar refractivity (Wildman–Crippen MR) is 106 cm³/mol. The topological polar surface area (TPSA) is 102 Å². The summed E-state index contributed by atoms with van der Waals surface area (Å²) < 4.78 is 5.71. The van der Waals surface area contributed by atoms with Crippen molar-refractivity contribution in [2.45, 2.75) is 6.61 Å². The van der Waals surface area contributed by atoms with Gasteiger partial charge in [0.1, 0.15) is 17.4 Å². The summed E-state index contributed by atoms with van der Waals surface area (Å²) in [5.41, 5.74) is 1.30. The van der Waals surface area contributed by atoms with E-state index >= 15 is 0 Å². The number of carboxylic acid groups (broad SMARTS) is 2. The lowest BCUT2D eigenvalue weighted by atomic mass is 10.1. The van der Waals surface area contributed by atoms with Gasteiger partial charge in [-0.15, -0.1) is 0 Å². The highest BCUT2D eigenvalue weighted by Gasteiger charge is 2.14. The molecular formula is C21H13Cl2NO5-2. The normalized spacial score (nSPS) is 10.4. The number of aromatic carboxylic acids is 2. The summed E-state index contributed by atoms with van der Waals surface area (Å²) in [5, 5.41) is 25.4. The fourth-order valence-electron chi connectivity index (χ4n) is 2.56. The Morgan fingerprint density at radius 3 is 2.24 bits per heavy atom. The minimum Gasteiger partial charge on any atom is -0.545 e. The fourth-order valence-corrected chi connectivity index (χ4v) is 3.08. The number of carbonyl (C=O) groups excluding carboxylic acids is 2. The van der Waals surface area contributed by atoms with Gasteiger partial charge in [-0.25, -0.2) is 0 Å². The molecule has 3 aromatic rings. The number of anilines is 2. The Balaban J connectivity index is 1.82. The monoisotopic (exact) mass is 429 g/mol. The van der Waals surface area contributed by atoms with Crippen LogP contribution < -0.4 is 20.3 Å². The maximum atomic E-state index is 11.3. The van der Waals surface area contributed by atoms with Crippen LogP contribution in [0.1, 0.15) is 26.3 Å². The summed E-state index contributed by atoms with van der Waals surface area (Å²) in [4.78, 5) is 22.1. The molecule has 148 valence electrons. The predicted octanol–water partition coefficient (Wildman–Crippen LogP) is 3.04. The van der Waals surface area contributed by atoms with Crippen LogP contribution in [0.3, 0.4) is 0 Å². The number of nitrogens with one attached hydrogen (secondary N) is 1. The van der Waals surface area contributed by atoms with E-state index in [1.54, 1.807) is 42.5 Å². The van der Waals surface area contributed by atoms with E-state index in [0.29, 0.717) is 5.75 Å². The van der Waals surface area contributed by atoms with Crippen molar-refractivity contribution in [2.24, 2.45) is 0 Å². The fraction of sp³-hybridized carbons (Fsp3) is 0.0476. The summed E-state index contributed by atoms with van der Waals surface area (Å²) in [6.07, 6.45) is 0. The maximum Gasteiger partial charge on any atom is 0.140 e. The first-order valence-corrected chi connectivity index (χ1v) is 9.11.